The Labute approximate surface area is 168 Å². The zero-order chi connectivity index (χ0) is 19.3. The van der Waals surface area contributed by atoms with Gasteiger partial charge in [0.2, 0.25) is 0 Å². The summed E-state index contributed by atoms with van der Waals surface area (Å²) in [6.07, 6.45) is 7.75. The van der Waals surface area contributed by atoms with Gasteiger partial charge in [-0.25, -0.2) is 4.98 Å². The molecule has 0 spiro atoms. The normalized spacial score (nSPS) is 13.9. The third kappa shape index (κ3) is 4.20. The first kappa shape index (κ1) is 19.0. The number of thiazole rings is 1. The van der Waals surface area contributed by atoms with E-state index >= 15 is 0 Å². The second-order valence-corrected chi connectivity index (χ2v) is 8.06. The van der Waals surface area contributed by atoms with Crippen LogP contribution in [0.1, 0.15) is 29.8 Å². The lowest BCUT2D eigenvalue weighted by molar-refractivity contribution is -0.118. The van der Waals surface area contributed by atoms with E-state index in [9.17, 15) is 4.79 Å². The molecule has 0 saturated heterocycles. The Kier molecular flexibility index (Phi) is 5.92. The largest absolute Gasteiger partial charge is 0.483 e. The number of ether oxygens (including phenoxy) is 2. The number of aromatic nitrogens is 2. The van der Waals surface area contributed by atoms with Crippen molar-refractivity contribution in [2.45, 2.75) is 38.6 Å². The van der Waals surface area contributed by atoms with E-state index in [4.69, 9.17) is 9.47 Å². The molecule has 3 aromatic rings. The molecule has 2 aromatic heterocycles. The monoisotopic (exact) mass is 399 g/mol. The van der Waals surface area contributed by atoms with Crippen LogP contribution in [0.2, 0.25) is 0 Å². The fraction of sp³-hybridized carbons (Fsp3) is 0.429. The number of fused-ring (bicyclic) bond motifs is 2. The molecule has 0 bridgehead atoms. The Morgan fingerprint density at radius 3 is 3.04 bits per heavy atom. The number of hydrogen-bond donors (Lipinski definition) is 1. The number of rotatable bonds is 7. The fourth-order valence-corrected chi connectivity index (χ4v) is 4.65. The lowest BCUT2D eigenvalue weighted by atomic mass is 10.2. The number of nitrogens with zero attached hydrogens (tertiary/aromatic N) is 2. The lowest BCUT2D eigenvalue weighted by Gasteiger charge is -2.09. The lowest BCUT2D eigenvalue weighted by Crippen LogP contribution is -2.20. The number of nitrogens with one attached hydrogen (secondary N) is 1. The molecular weight excluding hydrogens is 374 g/mol. The van der Waals surface area contributed by atoms with E-state index in [1.54, 1.807) is 18.4 Å². The molecule has 148 valence electrons. The Morgan fingerprint density at radius 1 is 1.25 bits per heavy atom. The van der Waals surface area contributed by atoms with Crippen LogP contribution >= 0.6 is 11.3 Å². The molecule has 0 aliphatic heterocycles. The zero-order valence-corrected chi connectivity index (χ0v) is 16.9. The number of aryl methyl sites for hydroxylation is 2. The molecule has 7 heteroatoms. The molecule has 1 aliphatic carbocycles. The molecular formula is C21H25N3O3S. The molecule has 4 rings (SSSR count). The number of carbonyl (C=O) groups is 1. The molecule has 0 radical (unpaired) electrons. The van der Waals surface area contributed by atoms with E-state index in [0.717, 1.165) is 36.0 Å². The number of carbonyl (C=O) groups excluding carboxylic acids is 1. The van der Waals surface area contributed by atoms with E-state index < -0.39 is 0 Å². The minimum Gasteiger partial charge on any atom is -0.483 e. The minimum absolute atomic E-state index is 0.0351. The van der Waals surface area contributed by atoms with Crippen molar-refractivity contribution in [3.8, 4) is 5.75 Å². The fourth-order valence-electron chi connectivity index (χ4n) is 3.59. The maximum Gasteiger partial charge on any atom is 0.264 e. The highest BCUT2D eigenvalue weighted by Gasteiger charge is 2.16. The number of hydrogen-bond acceptors (Lipinski definition) is 5. The zero-order valence-electron chi connectivity index (χ0n) is 16.1. The predicted molar refractivity (Wildman–Crippen MR) is 111 cm³/mol. The van der Waals surface area contributed by atoms with Gasteiger partial charge in [-0.3, -0.25) is 10.1 Å². The van der Waals surface area contributed by atoms with Crippen molar-refractivity contribution in [3.63, 3.8) is 0 Å². The van der Waals surface area contributed by atoms with Gasteiger partial charge in [0.25, 0.3) is 5.91 Å². The quantitative estimate of drug-likeness (QED) is 0.609. The van der Waals surface area contributed by atoms with Crippen LogP contribution in [0.4, 0.5) is 5.13 Å². The van der Waals surface area contributed by atoms with Crippen LogP contribution < -0.4 is 10.1 Å². The Morgan fingerprint density at radius 2 is 2.14 bits per heavy atom. The summed E-state index contributed by atoms with van der Waals surface area (Å²) < 4.78 is 13.1. The molecule has 0 saturated carbocycles. The van der Waals surface area contributed by atoms with Crippen LogP contribution in [0, 0.1) is 0 Å². The highest BCUT2D eigenvalue weighted by atomic mass is 32.1. The van der Waals surface area contributed by atoms with E-state index in [-0.39, 0.29) is 12.5 Å². The van der Waals surface area contributed by atoms with E-state index in [0.29, 0.717) is 17.5 Å². The van der Waals surface area contributed by atoms with E-state index in [2.05, 4.69) is 14.9 Å². The molecule has 0 fully saturated rings. The topological polar surface area (TPSA) is 65.4 Å². The third-order valence-electron chi connectivity index (χ3n) is 5.01. The molecule has 0 atom stereocenters. The van der Waals surface area contributed by atoms with Crippen LogP contribution in [-0.2, 0) is 28.9 Å². The first-order chi connectivity index (χ1) is 13.7. The second-order valence-electron chi connectivity index (χ2n) is 6.98. The highest BCUT2D eigenvalue weighted by Crippen LogP contribution is 2.29. The van der Waals surface area contributed by atoms with Gasteiger partial charge in [-0.2, -0.15) is 0 Å². The minimum atomic E-state index is -0.181. The molecule has 1 aliphatic rings. The highest BCUT2D eigenvalue weighted by molar-refractivity contribution is 7.15. The van der Waals surface area contributed by atoms with Gasteiger partial charge in [-0.1, -0.05) is 12.5 Å². The van der Waals surface area contributed by atoms with Crippen molar-refractivity contribution < 1.29 is 14.3 Å². The first-order valence-corrected chi connectivity index (χ1v) is 10.5. The van der Waals surface area contributed by atoms with Crippen LogP contribution in [0.3, 0.4) is 0 Å². The van der Waals surface area contributed by atoms with Gasteiger partial charge < -0.3 is 14.0 Å². The van der Waals surface area contributed by atoms with Crippen LogP contribution in [0.5, 0.6) is 5.75 Å². The first-order valence-electron chi connectivity index (χ1n) is 9.72. The molecule has 1 N–H and O–H groups in total. The maximum absolute atomic E-state index is 12.4. The van der Waals surface area contributed by atoms with E-state index in [1.807, 2.05) is 30.5 Å². The molecule has 2 heterocycles. The number of methoxy groups -OCH3 is 1. The SMILES string of the molecule is COCCn1ccc2c(OCC(=O)Nc3nc4c(s3)CCCCC4)cccc21. The van der Waals surface area contributed by atoms with Gasteiger partial charge in [-0.15, -0.1) is 11.3 Å². The third-order valence-corrected chi connectivity index (χ3v) is 6.08. The summed E-state index contributed by atoms with van der Waals surface area (Å²) in [5, 5.41) is 4.57. The summed E-state index contributed by atoms with van der Waals surface area (Å²) >= 11 is 1.60. The van der Waals surface area contributed by atoms with Crippen LogP contribution in [0.25, 0.3) is 10.9 Å². The van der Waals surface area contributed by atoms with Crippen molar-refractivity contribution in [2.24, 2.45) is 0 Å². The Hall–Kier alpha value is -2.38. The van der Waals surface area contributed by atoms with Gasteiger partial charge in [0, 0.05) is 30.1 Å². The Bertz CT molecular complexity index is 940. The van der Waals surface area contributed by atoms with Crippen molar-refractivity contribution >= 4 is 33.3 Å². The summed E-state index contributed by atoms with van der Waals surface area (Å²) in [5.74, 6) is 0.526. The summed E-state index contributed by atoms with van der Waals surface area (Å²) in [5.41, 5.74) is 2.22. The summed E-state index contributed by atoms with van der Waals surface area (Å²) in [4.78, 5) is 18.3. The van der Waals surface area contributed by atoms with Gasteiger partial charge in [0.15, 0.2) is 11.7 Å². The molecule has 1 aromatic carbocycles. The number of benzene rings is 1. The standard InChI is InChI=1S/C21H25N3O3S/c1-26-13-12-24-11-10-15-17(24)7-5-8-18(15)27-14-20(25)23-21-22-16-6-3-2-4-9-19(16)28-21/h5,7-8,10-11H,2-4,6,9,12-14H2,1H3,(H,22,23,25). The molecule has 28 heavy (non-hydrogen) atoms. The average molecular weight is 400 g/mol. The van der Waals surface area contributed by atoms with Crippen molar-refractivity contribution in [1.29, 1.82) is 0 Å². The summed E-state index contributed by atoms with van der Waals surface area (Å²) in [7, 11) is 1.69. The number of anilines is 1. The maximum atomic E-state index is 12.4. The van der Waals surface area contributed by atoms with Crippen molar-refractivity contribution in [2.75, 3.05) is 25.6 Å². The number of amides is 1. The second kappa shape index (κ2) is 8.75. The van der Waals surface area contributed by atoms with Crippen LogP contribution in [0.15, 0.2) is 30.5 Å². The predicted octanol–water partition coefficient (Wildman–Crippen LogP) is 4.03. The molecule has 6 nitrogen and oxygen atoms in total. The summed E-state index contributed by atoms with van der Waals surface area (Å²) in [6.45, 7) is 1.39. The Balaban J connectivity index is 1.39. The van der Waals surface area contributed by atoms with Crippen molar-refractivity contribution in [3.05, 3.63) is 41.0 Å². The molecule has 1 amide bonds. The smallest absolute Gasteiger partial charge is 0.264 e. The molecule has 0 unspecified atom stereocenters. The van der Waals surface area contributed by atoms with E-state index in [1.165, 1.54) is 24.1 Å². The van der Waals surface area contributed by atoms with Gasteiger partial charge in [-0.05, 0) is 43.9 Å². The van der Waals surface area contributed by atoms with Crippen molar-refractivity contribution in [1.82, 2.24) is 9.55 Å². The van der Waals surface area contributed by atoms with Gasteiger partial charge >= 0.3 is 0 Å². The van der Waals surface area contributed by atoms with Gasteiger partial charge in [0.1, 0.15) is 5.75 Å². The van der Waals surface area contributed by atoms with Crippen LogP contribution in [-0.4, -0.2) is 35.8 Å². The average Bonchev–Trinajstić information content (AvgIpc) is 3.22. The van der Waals surface area contributed by atoms with Gasteiger partial charge in [0.05, 0.1) is 17.8 Å². The summed E-state index contributed by atoms with van der Waals surface area (Å²) in [6, 6.07) is 7.88.